The maximum atomic E-state index is 3.96. The first-order valence-electron chi connectivity index (χ1n) is 26.4. The van der Waals surface area contributed by atoms with Crippen molar-refractivity contribution in [1.82, 2.24) is 39.9 Å². The van der Waals surface area contributed by atoms with Crippen molar-refractivity contribution in [3.8, 4) is 23.7 Å². The predicted molar refractivity (Wildman–Crippen MR) is 302 cm³/mol. The number of aromatic amines is 8. The Hall–Kier alpha value is -7.42. The fourth-order valence-electron chi connectivity index (χ4n) is 11.6. The van der Waals surface area contributed by atoms with Gasteiger partial charge in [0.05, 0.1) is 0 Å². The van der Waals surface area contributed by atoms with Gasteiger partial charge in [-0.15, -0.1) is 0 Å². The lowest BCUT2D eigenvalue weighted by atomic mass is 9.83. The quantitative estimate of drug-likeness (QED) is 0.0690. The van der Waals surface area contributed by atoms with Crippen LogP contribution in [0.5, 0.6) is 0 Å². The van der Waals surface area contributed by atoms with Crippen molar-refractivity contribution in [2.24, 2.45) is 0 Å². The molecule has 11 rings (SSSR count). The molecule has 16 bridgehead atoms. The highest BCUT2D eigenvalue weighted by molar-refractivity contribution is 5.57. The van der Waals surface area contributed by atoms with Gasteiger partial charge in [0.25, 0.3) is 0 Å². The summed E-state index contributed by atoms with van der Waals surface area (Å²) in [6.07, 6.45) is 0. The van der Waals surface area contributed by atoms with E-state index < -0.39 is 10.8 Å². The van der Waals surface area contributed by atoms with E-state index in [2.05, 4.69) is 284 Å². The Morgan fingerprint density at radius 3 is 0.689 bits per heavy atom. The fraction of sp³-hybridized carbons (Fsp3) is 0.364. The van der Waals surface area contributed by atoms with Gasteiger partial charge in [-0.3, -0.25) is 0 Å². The van der Waals surface area contributed by atoms with E-state index >= 15 is 0 Å². The van der Waals surface area contributed by atoms with Gasteiger partial charge in [0, 0.05) is 157 Å². The molecule has 0 fully saturated rings. The number of hydrogen-bond donors (Lipinski definition) is 8. The van der Waals surface area contributed by atoms with Crippen LogP contribution in [0.2, 0.25) is 0 Å². The highest BCUT2D eigenvalue weighted by Crippen LogP contribution is 2.44. The van der Waals surface area contributed by atoms with Gasteiger partial charge >= 0.3 is 0 Å². The first kappa shape index (κ1) is 48.8. The Bertz CT molecular complexity index is 3520. The zero-order valence-corrected chi connectivity index (χ0v) is 46.4. The Balaban J connectivity index is 0.985. The molecular formula is C66H74N8. The average molecular weight is 979 g/mol. The van der Waals surface area contributed by atoms with Gasteiger partial charge < -0.3 is 39.9 Å². The molecule has 8 nitrogen and oxygen atoms in total. The molecule has 8 heteroatoms. The maximum Gasteiger partial charge on any atom is 0.0469 e. The van der Waals surface area contributed by atoms with Crippen molar-refractivity contribution in [3.05, 3.63) is 223 Å². The van der Waals surface area contributed by atoms with E-state index in [1.165, 1.54) is 22.8 Å². The number of rotatable bonds is 0. The summed E-state index contributed by atoms with van der Waals surface area (Å²) in [5, 5.41) is 0. The van der Waals surface area contributed by atoms with Crippen LogP contribution in [0.4, 0.5) is 0 Å². The zero-order chi connectivity index (χ0) is 52.8. The summed E-state index contributed by atoms with van der Waals surface area (Å²) in [6, 6.07) is 39.8. The SMILES string of the molecule is CC1(C)c2ccc([nH]2)C(C)(C)c2ccc([nH]2)C(C)(C)c2[nH]c(cc2C#Cc2cccc(C#Cc3cc4[nH]c3C(C)(C)c3ccc([nH]3)C(C)(C)c3ccc([nH]3)C(C)(C)c3ccc([nH]3)C4(C)C)c2)C(C)(C)c2ccc1[nH]2. The smallest absolute Gasteiger partial charge is 0.0469 e. The summed E-state index contributed by atoms with van der Waals surface area (Å²) in [4.78, 5) is 31.1. The van der Waals surface area contributed by atoms with Crippen LogP contribution >= 0.6 is 0 Å². The summed E-state index contributed by atoms with van der Waals surface area (Å²) >= 11 is 0. The second-order valence-electron chi connectivity index (χ2n) is 25.7. The Labute approximate surface area is 438 Å². The Morgan fingerprint density at radius 2 is 0.446 bits per heavy atom. The third kappa shape index (κ3) is 7.50. The molecule has 0 spiro atoms. The molecule has 0 radical (unpaired) electrons. The van der Waals surface area contributed by atoms with E-state index in [1.807, 2.05) is 0 Å². The van der Waals surface area contributed by atoms with E-state index in [1.54, 1.807) is 0 Å². The van der Waals surface area contributed by atoms with Crippen LogP contribution in [0.25, 0.3) is 0 Å². The van der Waals surface area contributed by atoms with Crippen molar-refractivity contribution in [2.75, 3.05) is 0 Å². The largest absolute Gasteiger partial charge is 0.361 e. The lowest BCUT2D eigenvalue weighted by Crippen LogP contribution is -2.26. The van der Waals surface area contributed by atoms with Gasteiger partial charge in [-0.2, -0.15) is 0 Å². The topological polar surface area (TPSA) is 126 Å². The van der Waals surface area contributed by atoms with Gasteiger partial charge in [-0.25, -0.2) is 0 Å². The van der Waals surface area contributed by atoms with Crippen LogP contribution in [0.1, 0.15) is 224 Å². The number of benzene rings is 1. The molecule has 1 aromatic carbocycles. The Morgan fingerprint density at radius 1 is 0.230 bits per heavy atom. The van der Waals surface area contributed by atoms with E-state index in [0.717, 1.165) is 90.6 Å². The summed E-state index contributed by atoms with van der Waals surface area (Å²) in [5.74, 6) is 14.6. The van der Waals surface area contributed by atoms with Crippen molar-refractivity contribution in [3.63, 3.8) is 0 Å². The summed E-state index contributed by atoms with van der Waals surface area (Å²) in [6.45, 7) is 36.6. The van der Waals surface area contributed by atoms with E-state index in [-0.39, 0.29) is 32.5 Å². The van der Waals surface area contributed by atoms with E-state index in [0.29, 0.717) is 0 Å². The highest BCUT2D eigenvalue weighted by Gasteiger charge is 2.40. The van der Waals surface area contributed by atoms with Crippen molar-refractivity contribution in [2.45, 2.75) is 154 Å². The van der Waals surface area contributed by atoms with Gasteiger partial charge in [0.15, 0.2) is 0 Å². The molecule has 2 aliphatic heterocycles. The third-order valence-electron chi connectivity index (χ3n) is 18.0. The minimum absolute atomic E-state index is 0.270. The van der Waals surface area contributed by atoms with Crippen LogP contribution in [-0.4, -0.2) is 39.9 Å². The monoisotopic (exact) mass is 979 g/mol. The molecule has 9 aromatic rings. The second kappa shape index (κ2) is 16.0. The minimum Gasteiger partial charge on any atom is -0.361 e. The normalized spacial score (nSPS) is 18.9. The summed E-state index contributed by atoms with van der Waals surface area (Å²) < 4.78 is 0. The minimum atomic E-state index is -0.436. The standard InChI is InChI=1S/C66H74N8/c1-59(2)43-24-26-45(67-43)61(5,6)49-32-34-53(71-49)65(13,14)57-41(37-55(73-57)63(9,10)51-30-28-47(59)69-51)22-20-39-18-17-19-40(36-39)21-23-42-38-56-64(11,12)52-31-29-48(70-52)60(3,4)44-25-27-46(68-44)62(7,8)50-33-35-54(72-50)66(15,16)58(42)74-56/h17-19,24-38,67-74H,1-16H3. The molecule has 10 heterocycles. The maximum absolute atomic E-state index is 3.96. The average Bonchev–Trinajstić information content (AvgIpc) is 4.20. The number of nitrogens with one attached hydrogen (secondary N) is 8. The third-order valence-corrected chi connectivity index (χ3v) is 18.0. The van der Waals surface area contributed by atoms with Crippen LogP contribution in [0, 0.1) is 23.7 Å². The molecule has 0 unspecified atom stereocenters. The van der Waals surface area contributed by atoms with Crippen LogP contribution in [0.3, 0.4) is 0 Å². The molecule has 0 saturated carbocycles. The first-order valence-corrected chi connectivity index (χ1v) is 26.4. The van der Waals surface area contributed by atoms with Gasteiger partial charge in [0.2, 0.25) is 0 Å². The van der Waals surface area contributed by atoms with Crippen molar-refractivity contribution in [1.29, 1.82) is 0 Å². The number of H-pyrrole nitrogens is 8. The van der Waals surface area contributed by atoms with Crippen molar-refractivity contribution < 1.29 is 0 Å². The molecule has 8 N–H and O–H groups in total. The Kier molecular flexibility index (Phi) is 10.6. The number of aromatic nitrogens is 8. The predicted octanol–water partition coefficient (Wildman–Crippen LogP) is 14.3. The lowest BCUT2D eigenvalue weighted by molar-refractivity contribution is 0.545. The molecule has 0 amide bonds. The second-order valence-corrected chi connectivity index (χ2v) is 25.7. The molecular weight excluding hydrogens is 905 g/mol. The molecule has 0 atom stereocenters. The molecule has 2 aliphatic rings. The van der Waals surface area contributed by atoms with Crippen LogP contribution < -0.4 is 0 Å². The molecule has 0 saturated heterocycles. The van der Waals surface area contributed by atoms with Gasteiger partial charge in [-0.05, 0) is 214 Å². The molecule has 74 heavy (non-hydrogen) atoms. The van der Waals surface area contributed by atoms with Crippen LogP contribution in [-0.2, 0) is 43.3 Å². The van der Waals surface area contributed by atoms with Crippen molar-refractivity contribution >= 4 is 0 Å². The van der Waals surface area contributed by atoms with E-state index in [9.17, 15) is 0 Å². The summed E-state index contributed by atoms with van der Waals surface area (Å²) in [5.41, 5.74) is 19.2. The summed E-state index contributed by atoms with van der Waals surface area (Å²) in [7, 11) is 0. The molecule has 0 aliphatic carbocycles. The first-order chi connectivity index (χ1) is 34.6. The van der Waals surface area contributed by atoms with Crippen LogP contribution in [0.15, 0.2) is 109 Å². The zero-order valence-electron chi connectivity index (χ0n) is 46.4. The van der Waals surface area contributed by atoms with Gasteiger partial charge in [-0.1, -0.05) is 29.7 Å². The number of fused-ring (bicyclic) bond motifs is 16. The lowest BCUT2D eigenvalue weighted by Gasteiger charge is -2.28. The molecule has 8 aromatic heterocycles. The number of hydrogen-bond acceptors (Lipinski definition) is 0. The fourth-order valence-corrected chi connectivity index (χ4v) is 11.6. The van der Waals surface area contributed by atoms with E-state index in [4.69, 9.17) is 0 Å². The molecule has 378 valence electrons. The highest BCUT2D eigenvalue weighted by atomic mass is 14.9. The van der Waals surface area contributed by atoms with Gasteiger partial charge in [0.1, 0.15) is 0 Å².